The molecule has 1 aromatic heterocycles. The van der Waals surface area contributed by atoms with E-state index in [1.54, 1.807) is 0 Å². The first-order valence-corrected chi connectivity index (χ1v) is 5.61. The maximum absolute atomic E-state index is 13.4. The normalized spacial score (nSPS) is 10.2. The van der Waals surface area contributed by atoms with Crippen LogP contribution in [-0.4, -0.2) is 16.8 Å². The molecule has 0 aliphatic heterocycles. The van der Waals surface area contributed by atoms with E-state index in [0.717, 1.165) is 30.5 Å². The van der Waals surface area contributed by atoms with Gasteiger partial charge in [-0.25, -0.2) is 13.8 Å². The van der Waals surface area contributed by atoms with Gasteiger partial charge >= 0.3 is 0 Å². The van der Waals surface area contributed by atoms with Crippen LogP contribution in [0.3, 0.4) is 0 Å². The van der Waals surface area contributed by atoms with Crippen molar-refractivity contribution in [3.63, 3.8) is 0 Å². The summed E-state index contributed by atoms with van der Waals surface area (Å²) in [5, 5.41) is 2.20. The van der Waals surface area contributed by atoms with E-state index in [2.05, 4.69) is 10.3 Å². The molecule has 2 aromatic rings. The number of anilines is 1. The minimum absolute atomic E-state index is 0.00632. The SMILES string of the molecule is NC(=O)c1cc(NC(=O)c2ccnc(F)c2F)ccc1F. The number of nitrogens with one attached hydrogen (secondary N) is 1. The largest absolute Gasteiger partial charge is 0.366 e. The van der Waals surface area contributed by atoms with E-state index in [0.29, 0.717) is 0 Å². The number of carbonyl (C=O) groups excluding carboxylic acids is 2. The third-order valence-electron chi connectivity index (χ3n) is 2.58. The van der Waals surface area contributed by atoms with Crippen LogP contribution in [0.5, 0.6) is 0 Å². The third-order valence-corrected chi connectivity index (χ3v) is 2.58. The Morgan fingerprint density at radius 1 is 1.10 bits per heavy atom. The van der Waals surface area contributed by atoms with Gasteiger partial charge in [0.25, 0.3) is 11.8 Å². The van der Waals surface area contributed by atoms with E-state index in [9.17, 15) is 22.8 Å². The molecular formula is C13H8F3N3O2. The number of amides is 2. The van der Waals surface area contributed by atoms with Crippen LogP contribution in [0, 0.1) is 17.6 Å². The molecule has 0 aliphatic rings. The quantitative estimate of drug-likeness (QED) is 0.847. The highest BCUT2D eigenvalue weighted by Gasteiger charge is 2.17. The second-order valence-corrected chi connectivity index (χ2v) is 3.98. The first-order valence-electron chi connectivity index (χ1n) is 5.61. The van der Waals surface area contributed by atoms with Crippen molar-refractivity contribution in [2.45, 2.75) is 0 Å². The lowest BCUT2D eigenvalue weighted by molar-refractivity contribution is 0.0992. The van der Waals surface area contributed by atoms with E-state index < -0.39 is 40.5 Å². The Morgan fingerprint density at radius 2 is 1.81 bits per heavy atom. The maximum atomic E-state index is 13.4. The Morgan fingerprint density at radius 3 is 2.48 bits per heavy atom. The molecule has 1 aromatic carbocycles. The molecule has 0 saturated carbocycles. The van der Waals surface area contributed by atoms with Gasteiger partial charge in [0.2, 0.25) is 5.95 Å². The highest BCUT2D eigenvalue weighted by Crippen LogP contribution is 2.16. The molecule has 0 aliphatic carbocycles. The van der Waals surface area contributed by atoms with E-state index in [1.165, 1.54) is 0 Å². The number of rotatable bonds is 3. The smallest absolute Gasteiger partial charge is 0.258 e. The molecule has 0 saturated heterocycles. The second-order valence-electron chi connectivity index (χ2n) is 3.98. The Hall–Kier alpha value is -2.90. The molecule has 0 radical (unpaired) electrons. The molecule has 8 heteroatoms. The molecule has 0 unspecified atom stereocenters. The number of hydrogen-bond donors (Lipinski definition) is 2. The lowest BCUT2D eigenvalue weighted by Gasteiger charge is -2.07. The molecule has 21 heavy (non-hydrogen) atoms. The number of aromatic nitrogens is 1. The predicted molar refractivity (Wildman–Crippen MR) is 67.0 cm³/mol. The average molecular weight is 295 g/mol. The Balaban J connectivity index is 2.30. The summed E-state index contributed by atoms with van der Waals surface area (Å²) in [6.45, 7) is 0. The van der Waals surface area contributed by atoms with E-state index in [-0.39, 0.29) is 5.69 Å². The molecule has 108 valence electrons. The van der Waals surface area contributed by atoms with Gasteiger partial charge in [-0.05, 0) is 24.3 Å². The van der Waals surface area contributed by atoms with Crippen LogP contribution in [0.25, 0.3) is 0 Å². The summed E-state index contributed by atoms with van der Waals surface area (Å²) in [6.07, 6.45) is 0.923. The van der Waals surface area contributed by atoms with Gasteiger partial charge in [-0.3, -0.25) is 9.59 Å². The van der Waals surface area contributed by atoms with Crippen molar-refractivity contribution in [1.29, 1.82) is 0 Å². The van der Waals surface area contributed by atoms with Crippen molar-refractivity contribution in [3.05, 3.63) is 59.2 Å². The molecule has 0 bridgehead atoms. The van der Waals surface area contributed by atoms with Crippen molar-refractivity contribution >= 4 is 17.5 Å². The van der Waals surface area contributed by atoms with Crippen molar-refractivity contribution in [1.82, 2.24) is 4.98 Å². The highest BCUT2D eigenvalue weighted by atomic mass is 19.2. The molecule has 5 nitrogen and oxygen atoms in total. The first-order chi connectivity index (χ1) is 9.90. The Labute approximate surface area is 116 Å². The maximum Gasteiger partial charge on any atom is 0.258 e. The van der Waals surface area contributed by atoms with Crippen LogP contribution in [0.2, 0.25) is 0 Å². The van der Waals surface area contributed by atoms with Gasteiger partial charge in [-0.2, -0.15) is 4.39 Å². The van der Waals surface area contributed by atoms with Gasteiger partial charge in [-0.1, -0.05) is 0 Å². The summed E-state index contributed by atoms with van der Waals surface area (Å²) in [4.78, 5) is 25.8. The molecule has 0 fully saturated rings. The molecular weight excluding hydrogens is 287 g/mol. The van der Waals surface area contributed by atoms with Crippen molar-refractivity contribution < 1.29 is 22.8 Å². The number of nitrogens with two attached hydrogens (primary N) is 1. The van der Waals surface area contributed by atoms with E-state index in [4.69, 9.17) is 5.73 Å². The Kier molecular flexibility index (Phi) is 3.88. The van der Waals surface area contributed by atoms with Crippen molar-refractivity contribution in [2.24, 2.45) is 5.73 Å². The number of halogens is 3. The average Bonchev–Trinajstić information content (AvgIpc) is 2.43. The van der Waals surface area contributed by atoms with Crippen LogP contribution in [0.1, 0.15) is 20.7 Å². The van der Waals surface area contributed by atoms with Gasteiger partial charge in [0, 0.05) is 11.9 Å². The summed E-state index contributed by atoms with van der Waals surface area (Å²) in [5.41, 5.74) is 3.95. The van der Waals surface area contributed by atoms with Crippen LogP contribution in [-0.2, 0) is 0 Å². The zero-order valence-electron chi connectivity index (χ0n) is 10.4. The fourth-order valence-electron chi connectivity index (χ4n) is 1.58. The lowest BCUT2D eigenvalue weighted by atomic mass is 10.1. The van der Waals surface area contributed by atoms with Crippen molar-refractivity contribution in [2.75, 3.05) is 5.32 Å². The van der Waals surface area contributed by atoms with Gasteiger partial charge in [-0.15, -0.1) is 0 Å². The van der Waals surface area contributed by atoms with Gasteiger partial charge < -0.3 is 11.1 Å². The van der Waals surface area contributed by atoms with E-state index in [1.807, 2.05) is 0 Å². The van der Waals surface area contributed by atoms with Crippen LogP contribution in [0.15, 0.2) is 30.5 Å². The molecule has 2 rings (SSSR count). The minimum Gasteiger partial charge on any atom is -0.366 e. The summed E-state index contributed by atoms with van der Waals surface area (Å²) in [6, 6.07) is 4.03. The number of carbonyl (C=O) groups is 2. The zero-order valence-corrected chi connectivity index (χ0v) is 10.4. The monoisotopic (exact) mass is 295 g/mol. The summed E-state index contributed by atoms with van der Waals surface area (Å²) < 4.78 is 39.6. The lowest BCUT2D eigenvalue weighted by Crippen LogP contribution is -2.17. The summed E-state index contributed by atoms with van der Waals surface area (Å²) in [5.74, 6) is -5.69. The number of pyridine rings is 1. The standard InChI is InChI=1S/C13H8F3N3O2/c14-9-2-1-6(5-8(9)12(17)20)19-13(21)7-3-4-18-11(16)10(7)15/h1-5H,(H2,17,20)(H,19,21). The molecule has 0 spiro atoms. The molecule has 1 heterocycles. The third kappa shape index (κ3) is 2.99. The molecule has 3 N–H and O–H groups in total. The fraction of sp³-hybridized carbons (Fsp3) is 0. The predicted octanol–water partition coefficient (Wildman–Crippen LogP) is 1.85. The van der Waals surface area contributed by atoms with Crippen LogP contribution >= 0.6 is 0 Å². The number of benzene rings is 1. The zero-order chi connectivity index (χ0) is 15.6. The summed E-state index contributed by atoms with van der Waals surface area (Å²) >= 11 is 0. The highest BCUT2D eigenvalue weighted by molar-refractivity contribution is 6.05. The molecule has 2 amide bonds. The van der Waals surface area contributed by atoms with Crippen molar-refractivity contribution in [3.8, 4) is 0 Å². The number of primary amides is 1. The number of nitrogens with zero attached hydrogens (tertiary/aromatic N) is 1. The van der Waals surface area contributed by atoms with Gasteiger partial charge in [0.05, 0.1) is 11.1 Å². The van der Waals surface area contributed by atoms with Crippen LogP contribution in [0.4, 0.5) is 18.9 Å². The van der Waals surface area contributed by atoms with Crippen LogP contribution < -0.4 is 11.1 Å². The Bertz CT molecular complexity index is 735. The number of hydrogen-bond acceptors (Lipinski definition) is 3. The van der Waals surface area contributed by atoms with E-state index >= 15 is 0 Å². The van der Waals surface area contributed by atoms with Gasteiger partial charge in [0.15, 0.2) is 5.82 Å². The topological polar surface area (TPSA) is 85.1 Å². The summed E-state index contributed by atoms with van der Waals surface area (Å²) in [7, 11) is 0. The first kappa shape index (κ1) is 14.5. The molecule has 0 atom stereocenters. The minimum atomic E-state index is -1.42. The van der Waals surface area contributed by atoms with Gasteiger partial charge in [0.1, 0.15) is 5.82 Å². The second kappa shape index (κ2) is 5.61. The fourth-order valence-corrected chi connectivity index (χ4v) is 1.58.